The van der Waals surface area contributed by atoms with Gasteiger partial charge in [0.25, 0.3) is 6.54 Å². The molecule has 0 saturated heterocycles. The standard InChI is InChI=1S/C5H4ClNO3/c6-5-2-1-4(10-5)3-7(8)9/h1-2H,3H2. The van der Waals surface area contributed by atoms with Crippen molar-refractivity contribution in [3.05, 3.63) is 33.2 Å². The minimum atomic E-state index is -0.477. The van der Waals surface area contributed by atoms with Gasteiger partial charge in [-0.1, -0.05) is 0 Å². The van der Waals surface area contributed by atoms with Crippen molar-refractivity contribution < 1.29 is 9.34 Å². The molecule has 4 nitrogen and oxygen atoms in total. The first-order valence-corrected chi connectivity index (χ1v) is 2.92. The van der Waals surface area contributed by atoms with E-state index >= 15 is 0 Å². The van der Waals surface area contributed by atoms with Crippen LogP contribution in [-0.2, 0) is 6.54 Å². The minimum absolute atomic E-state index is 0.178. The SMILES string of the molecule is O=[N+]([O-])Cc1ccc(Cl)o1. The molecular weight excluding hydrogens is 158 g/mol. The Morgan fingerprint density at radius 1 is 1.70 bits per heavy atom. The molecule has 0 unspecified atom stereocenters. The van der Waals surface area contributed by atoms with E-state index in [1.54, 1.807) is 0 Å². The predicted octanol–water partition coefficient (Wildman–Crippen LogP) is 1.71. The fourth-order valence-corrected chi connectivity index (χ4v) is 0.726. The van der Waals surface area contributed by atoms with Gasteiger partial charge in [0.15, 0.2) is 11.0 Å². The van der Waals surface area contributed by atoms with Gasteiger partial charge in [-0.2, -0.15) is 0 Å². The molecule has 0 fully saturated rings. The zero-order valence-electron chi connectivity index (χ0n) is 4.91. The summed E-state index contributed by atoms with van der Waals surface area (Å²) in [5, 5.41) is 10.1. The first-order chi connectivity index (χ1) is 4.68. The summed E-state index contributed by atoms with van der Waals surface area (Å²) in [6.45, 7) is -0.313. The third kappa shape index (κ3) is 1.73. The summed E-state index contributed by atoms with van der Waals surface area (Å²) in [6.07, 6.45) is 0. The molecule has 1 heterocycles. The molecule has 10 heavy (non-hydrogen) atoms. The van der Waals surface area contributed by atoms with Crippen molar-refractivity contribution in [2.75, 3.05) is 0 Å². The number of nitrogens with zero attached hydrogens (tertiary/aromatic N) is 1. The second-order valence-electron chi connectivity index (χ2n) is 1.70. The molecule has 0 amide bonds. The zero-order chi connectivity index (χ0) is 7.56. The fraction of sp³-hybridized carbons (Fsp3) is 0.200. The molecule has 0 radical (unpaired) electrons. The van der Waals surface area contributed by atoms with Gasteiger partial charge in [-0.15, -0.1) is 0 Å². The lowest BCUT2D eigenvalue weighted by atomic mass is 10.5. The van der Waals surface area contributed by atoms with Gasteiger partial charge in [-0.25, -0.2) is 0 Å². The summed E-state index contributed by atoms with van der Waals surface area (Å²) in [5.74, 6) is 0.273. The Labute approximate surface area is 61.5 Å². The topological polar surface area (TPSA) is 56.3 Å². The van der Waals surface area contributed by atoms with Crippen molar-refractivity contribution in [3.8, 4) is 0 Å². The first-order valence-electron chi connectivity index (χ1n) is 2.54. The van der Waals surface area contributed by atoms with Crippen LogP contribution in [0.1, 0.15) is 5.76 Å². The monoisotopic (exact) mass is 161 g/mol. The predicted molar refractivity (Wildman–Crippen MR) is 34.4 cm³/mol. The van der Waals surface area contributed by atoms with Crippen molar-refractivity contribution in [1.29, 1.82) is 0 Å². The number of furan rings is 1. The van der Waals surface area contributed by atoms with E-state index in [1.807, 2.05) is 0 Å². The van der Waals surface area contributed by atoms with E-state index in [4.69, 9.17) is 16.0 Å². The Kier molecular flexibility index (Phi) is 1.91. The highest BCUT2D eigenvalue weighted by molar-refractivity contribution is 6.28. The normalized spacial score (nSPS) is 9.70. The number of hydrogen-bond donors (Lipinski definition) is 0. The summed E-state index contributed by atoms with van der Waals surface area (Å²) in [7, 11) is 0. The molecule has 1 rings (SSSR count). The van der Waals surface area contributed by atoms with E-state index in [-0.39, 0.29) is 17.5 Å². The van der Waals surface area contributed by atoms with Crippen LogP contribution in [0.15, 0.2) is 16.5 Å². The van der Waals surface area contributed by atoms with Crippen LogP contribution in [0.3, 0.4) is 0 Å². The molecule has 0 atom stereocenters. The largest absolute Gasteiger partial charge is 0.443 e. The van der Waals surface area contributed by atoms with E-state index < -0.39 is 4.92 Å². The molecule has 0 aliphatic rings. The molecule has 5 heteroatoms. The molecule has 1 aromatic heterocycles. The minimum Gasteiger partial charge on any atom is -0.443 e. The van der Waals surface area contributed by atoms with Crippen LogP contribution in [0, 0.1) is 10.1 Å². The summed E-state index contributed by atoms with van der Waals surface area (Å²) in [4.78, 5) is 9.40. The molecular formula is C5H4ClNO3. The van der Waals surface area contributed by atoms with Gasteiger partial charge in [0.1, 0.15) is 0 Å². The van der Waals surface area contributed by atoms with E-state index in [9.17, 15) is 10.1 Å². The van der Waals surface area contributed by atoms with Crippen LogP contribution < -0.4 is 0 Å². The Morgan fingerprint density at radius 2 is 2.40 bits per heavy atom. The third-order valence-corrected chi connectivity index (χ3v) is 1.12. The fourth-order valence-electron chi connectivity index (χ4n) is 0.564. The van der Waals surface area contributed by atoms with Gasteiger partial charge in [-0.05, 0) is 23.7 Å². The lowest BCUT2D eigenvalue weighted by Crippen LogP contribution is -1.95. The number of rotatable bonds is 2. The Balaban J connectivity index is 2.67. The molecule has 0 aromatic carbocycles. The molecule has 0 saturated carbocycles. The van der Waals surface area contributed by atoms with Gasteiger partial charge >= 0.3 is 0 Å². The van der Waals surface area contributed by atoms with Crippen molar-refractivity contribution in [1.82, 2.24) is 0 Å². The summed E-state index contributed by atoms with van der Waals surface area (Å²) in [6, 6.07) is 2.95. The van der Waals surface area contributed by atoms with Crippen molar-refractivity contribution >= 4 is 11.6 Å². The van der Waals surface area contributed by atoms with Crippen LogP contribution in [0.2, 0.25) is 5.22 Å². The highest BCUT2D eigenvalue weighted by Gasteiger charge is 2.05. The molecule has 1 aromatic rings. The van der Waals surface area contributed by atoms with Crippen LogP contribution in [0.25, 0.3) is 0 Å². The molecule has 54 valence electrons. The van der Waals surface area contributed by atoms with Gasteiger partial charge in [-0.3, -0.25) is 10.1 Å². The molecule has 0 aliphatic carbocycles. The lowest BCUT2D eigenvalue weighted by Gasteiger charge is -1.85. The maximum atomic E-state index is 9.88. The second kappa shape index (κ2) is 2.70. The zero-order valence-corrected chi connectivity index (χ0v) is 5.67. The highest BCUT2D eigenvalue weighted by atomic mass is 35.5. The van der Waals surface area contributed by atoms with Gasteiger partial charge < -0.3 is 4.42 Å². The quantitative estimate of drug-likeness (QED) is 0.490. The lowest BCUT2D eigenvalue weighted by molar-refractivity contribution is -0.499. The Morgan fingerprint density at radius 3 is 2.80 bits per heavy atom. The van der Waals surface area contributed by atoms with E-state index in [0.29, 0.717) is 0 Å². The smallest absolute Gasteiger partial charge is 0.260 e. The molecule has 0 spiro atoms. The average molecular weight is 162 g/mol. The second-order valence-corrected chi connectivity index (χ2v) is 2.07. The number of nitro groups is 1. The maximum Gasteiger partial charge on any atom is 0.260 e. The van der Waals surface area contributed by atoms with Crippen LogP contribution >= 0.6 is 11.6 Å². The van der Waals surface area contributed by atoms with E-state index in [1.165, 1.54) is 12.1 Å². The van der Waals surface area contributed by atoms with Crippen LogP contribution in [0.5, 0.6) is 0 Å². The highest BCUT2D eigenvalue weighted by Crippen LogP contribution is 2.13. The Hall–Kier alpha value is -1.03. The number of halogens is 1. The molecule has 0 aliphatic heterocycles. The van der Waals surface area contributed by atoms with Crippen molar-refractivity contribution in [2.45, 2.75) is 6.54 Å². The molecule has 0 N–H and O–H groups in total. The van der Waals surface area contributed by atoms with E-state index in [2.05, 4.69) is 0 Å². The van der Waals surface area contributed by atoms with Crippen molar-refractivity contribution in [3.63, 3.8) is 0 Å². The average Bonchev–Trinajstić information content (AvgIpc) is 2.13. The third-order valence-electron chi connectivity index (χ3n) is 0.914. The Bertz CT molecular complexity index is 245. The summed E-state index contributed by atoms with van der Waals surface area (Å²) >= 11 is 5.35. The van der Waals surface area contributed by atoms with Gasteiger partial charge in [0.05, 0.1) is 0 Å². The van der Waals surface area contributed by atoms with Gasteiger partial charge in [0, 0.05) is 4.92 Å². The van der Waals surface area contributed by atoms with Crippen LogP contribution in [-0.4, -0.2) is 4.92 Å². The molecule has 0 bridgehead atoms. The van der Waals surface area contributed by atoms with E-state index in [0.717, 1.165) is 0 Å². The number of hydrogen-bond acceptors (Lipinski definition) is 3. The van der Waals surface area contributed by atoms with Crippen LogP contribution in [0.4, 0.5) is 0 Å². The summed E-state index contributed by atoms with van der Waals surface area (Å²) < 4.78 is 4.72. The maximum absolute atomic E-state index is 9.88. The first kappa shape index (κ1) is 7.08. The summed E-state index contributed by atoms with van der Waals surface area (Å²) in [5.41, 5.74) is 0. The van der Waals surface area contributed by atoms with Gasteiger partial charge in [0.2, 0.25) is 0 Å². The van der Waals surface area contributed by atoms with Crippen molar-refractivity contribution in [2.24, 2.45) is 0 Å².